The number of pyridine rings is 1. The highest BCUT2D eigenvalue weighted by Gasteiger charge is 2.17. The molecule has 0 aliphatic carbocycles. The monoisotopic (exact) mass is 431 g/mol. The second-order valence-corrected chi connectivity index (χ2v) is 7.00. The lowest BCUT2D eigenvalue weighted by atomic mass is 10.1. The van der Waals surface area contributed by atoms with Crippen LogP contribution in [-0.4, -0.2) is 27.9 Å². The minimum Gasteiger partial charge on any atom is -0.456 e. The van der Waals surface area contributed by atoms with E-state index in [-0.39, 0.29) is 24.8 Å². The Labute approximate surface area is 181 Å². The first-order valence-electron chi connectivity index (χ1n) is 9.28. The molecule has 0 saturated carbocycles. The van der Waals surface area contributed by atoms with E-state index in [1.54, 1.807) is 6.20 Å². The van der Waals surface area contributed by atoms with Crippen molar-refractivity contribution in [3.8, 4) is 22.5 Å². The molecule has 0 bridgehead atoms. The fourth-order valence-corrected chi connectivity index (χ4v) is 3.70. The summed E-state index contributed by atoms with van der Waals surface area (Å²) in [4.78, 5) is 4.39. The Morgan fingerprint density at radius 1 is 1.03 bits per heavy atom. The molecule has 0 radical (unpaired) electrons. The van der Waals surface area contributed by atoms with Gasteiger partial charge in [0.05, 0.1) is 17.8 Å². The Morgan fingerprint density at radius 3 is 2.62 bits per heavy atom. The van der Waals surface area contributed by atoms with Gasteiger partial charge in [-0.15, -0.1) is 24.8 Å². The van der Waals surface area contributed by atoms with E-state index >= 15 is 0 Å². The van der Waals surface area contributed by atoms with Gasteiger partial charge in [0, 0.05) is 28.9 Å². The largest absolute Gasteiger partial charge is 0.456 e. The summed E-state index contributed by atoms with van der Waals surface area (Å²) in [5.74, 6) is 1.19. The van der Waals surface area contributed by atoms with Gasteiger partial charge in [-0.2, -0.15) is 5.10 Å². The number of halogens is 2. The molecule has 1 saturated heterocycles. The minimum absolute atomic E-state index is 0. The van der Waals surface area contributed by atoms with Crippen molar-refractivity contribution in [1.29, 1.82) is 0 Å². The van der Waals surface area contributed by atoms with Gasteiger partial charge in [-0.05, 0) is 44.1 Å². The summed E-state index contributed by atoms with van der Waals surface area (Å²) in [5.41, 5.74) is 9.82. The molecule has 1 aliphatic heterocycles. The molecule has 3 N–H and O–H groups in total. The number of nitrogens with zero attached hydrogens (tertiary/aromatic N) is 3. The van der Waals surface area contributed by atoms with Gasteiger partial charge in [-0.1, -0.05) is 18.2 Å². The van der Waals surface area contributed by atoms with Crippen LogP contribution in [0.5, 0.6) is 0 Å². The fourth-order valence-electron chi connectivity index (χ4n) is 3.70. The third-order valence-electron chi connectivity index (χ3n) is 5.23. The number of nitrogen functional groups attached to an aromatic ring is 1. The van der Waals surface area contributed by atoms with E-state index in [0.717, 1.165) is 59.4 Å². The first-order valence-corrected chi connectivity index (χ1v) is 9.28. The number of fused-ring (bicyclic) bond motifs is 1. The molecule has 6 nitrogen and oxygen atoms in total. The molecular weight excluding hydrogens is 409 g/mol. The summed E-state index contributed by atoms with van der Waals surface area (Å²) >= 11 is 0. The van der Waals surface area contributed by atoms with Crippen LogP contribution < -0.4 is 11.1 Å². The molecule has 29 heavy (non-hydrogen) atoms. The van der Waals surface area contributed by atoms with E-state index in [9.17, 15) is 0 Å². The van der Waals surface area contributed by atoms with Crippen LogP contribution in [0.3, 0.4) is 0 Å². The van der Waals surface area contributed by atoms with Gasteiger partial charge in [0.25, 0.3) is 0 Å². The van der Waals surface area contributed by atoms with Crippen molar-refractivity contribution in [2.24, 2.45) is 0 Å². The quantitative estimate of drug-likeness (QED) is 0.490. The third kappa shape index (κ3) is 4.10. The highest BCUT2D eigenvalue weighted by Crippen LogP contribution is 2.33. The van der Waals surface area contributed by atoms with Gasteiger partial charge in [0.1, 0.15) is 17.2 Å². The topological polar surface area (TPSA) is 81.9 Å². The zero-order chi connectivity index (χ0) is 18.2. The van der Waals surface area contributed by atoms with Crippen molar-refractivity contribution in [1.82, 2.24) is 20.1 Å². The van der Waals surface area contributed by atoms with Crippen LogP contribution in [-0.2, 0) is 0 Å². The zero-order valence-corrected chi connectivity index (χ0v) is 17.4. The average molecular weight is 432 g/mol. The van der Waals surface area contributed by atoms with E-state index in [1.807, 2.05) is 42.6 Å². The maximum atomic E-state index is 6.14. The molecule has 8 heteroatoms. The number of rotatable bonds is 3. The van der Waals surface area contributed by atoms with Gasteiger partial charge < -0.3 is 15.5 Å². The molecule has 0 atom stereocenters. The van der Waals surface area contributed by atoms with Crippen LogP contribution >= 0.6 is 24.8 Å². The minimum atomic E-state index is 0. The summed E-state index contributed by atoms with van der Waals surface area (Å²) in [6.07, 6.45) is 8.01. The first-order chi connectivity index (χ1) is 13.3. The van der Waals surface area contributed by atoms with Crippen LogP contribution in [0.25, 0.3) is 33.4 Å². The maximum Gasteiger partial charge on any atom is 0.139 e. The van der Waals surface area contributed by atoms with E-state index in [2.05, 4.69) is 26.3 Å². The molecule has 1 fully saturated rings. The fraction of sp³-hybridized carbons (Fsp3) is 0.238. The predicted molar refractivity (Wildman–Crippen MR) is 121 cm³/mol. The molecule has 152 valence electrons. The van der Waals surface area contributed by atoms with Crippen molar-refractivity contribution < 1.29 is 4.42 Å². The van der Waals surface area contributed by atoms with Crippen LogP contribution in [0.1, 0.15) is 18.9 Å². The maximum absolute atomic E-state index is 6.14. The lowest BCUT2D eigenvalue weighted by Gasteiger charge is -2.22. The summed E-state index contributed by atoms with van der Waals surface area (Å²) in [6, 6.07) is 12.4. The van der Waals surface area contributed by atoms with Crippen molar-refractivity contribution in [3.63, 3.8) is 0 Å². The number of hydrogen-bond donors (Lipinski definition) is 2. The Kier molecular flexibility index (Phi) is 6.47. The van der Waals surface area contributed by atoms with Crippen molar-refractivity contribution in [2.45, 2.75) is 18.9 Å². The number of para-hydroxylation sites is 1. The van der Waals surface area contributed by atoms with Gasteiger partial charge in [0.15, 0.2) is 0 Å². The molecule has 1 aliphatic rings. The number of piperidine rings is 1. The summed E-state index contributed by atoms with van der Waals surface area (Å²) in [5, 5.41) is 9.02. The summed E-state index contributed by atoms with van der Waals surface area (Å²) in [6.45, 7) is 2.08. The molecule has 5 rings (SSSR count). The second-order valence-electron chi connectivity index (χ2n) is 7.00. The number of furan rings is 1. The first kappa shape index (κ1) is 21.2. The smallest absolute Gasteiger partial charge is 0.139 e. The standard InChI is InChI=1S/C21H21N5O.2ClH/c22-21-18(20-10-14-3-1-2-4-19(14)27-20)9-15(11-24-21)16-12-25-26(13-16)17-5-7-23-8-6-17;;/h1-4,9-13,17,23H,5-8H2,(H2,22,24);2*1H. The molecule has 0 spiro atoms. The average Bonchev–Trinajstić information content (AvgIpc) is 3.36. The van der Waals surface area contributed by atoms with Gasteiger partial charge in [0.2, 0.25) is 0 Å². The summed E-state index contributed by atoms with van der Waals surface area (Å²) in [7, 11) is 0. The molecule has 3 aromatic heterocycles. The van der Waals surface area contributed by atoms with Gasteiger partial charge in [-0.25, -0.2) is 4.98 Å². The lowest BCUT2D eigenvalue weighted by Crippen LogP contribution is -2.29. The van der Waals surface area contributed by atoms with Crippen LogP contribution in [0.15, 0.2) is 59.4 Å². The SMILES string of the molecule is Cl.Cl.Nc1ncc(-c2cnn(C3CCNCC3)c2)cc1-c1cc2ccccc2o1. The lowest BCUT2D eigenvalue weighted by molar-refractivity contribution is 0.343. The van der Waals surface area contributed by atoms with Gasteiger partial charge >= 0.3 is 0 Å². The van der Waals surface area contributed by atoms with E-state index in [4.69, 9.17) is 10.2 Å². The Bertz CT molecular complexity index is 1070. The Balaban J connectivity index is 0.00000120. The normalized spacial score (nSPS) is 14.3. The van der Waals surface area contributed by atoms with E-state index in [1.165, 1.54) is 0 Å². The van der Waals surface area contributed by atoms with Crippen LogP contribution in [0.4, 0.5) is 5.82 Å². The Morgan fingerprint density at radius 2 is 1.83 bits per heavy atom. The third-order valence-corrected chi connectivity index (χ3v) is 5.23. The number of nitrogens with two attached hydrogens (primary N) is 1. The number of nitrogens with one attached hydrogen (secondary N) is 1. The molecule has 4 aromatic rings. The van der Waals surface area contributed by atoms with Crippen molar-refractivity contribution in [2.75, 3.05) is 18.8 Å². The van der Waals surface area contributed by atoms with Crippen LogP contribution in [0, 0.1) is 0 Å². The number of anilines is 1. The predicted octanol–water partition coefficient (Wildman–Crippen LogP) is 4.71. The highest BCUT2D eigenvalue weighted by atomic mass is 35.5. The molecule has 0 unspecified atom stereocenters. The zero-order valence-electron chi connectivity index (χ0n) is 15.7. The van der Waals surface area contributed by atoms with Crippen LogP contribution in [0.2, 0.25) is 0 Å². The molecule has 4 heterocycles. The highest BCUT2D eigenvalue weighted by molar-refractivity contribution is 5.86. The number of aromatic nitrogens is 3. The van der Waals surface area contributed by atoms with Gasteiger partial charge in [-0.3, -0.25) is 4.68 Å². The van der Waals surface area contributed by atoms with E-state index < -0.39 is 0 Å². The summed E-state index contributed by atoms with van der Waals surface area (Å²) < 4.78 is 8.06. The van der Waals surface area contributed by atoms with Crippen molar-refractivity contribution >= 4 is 41.6 Å². The molecule has 1 aromatic carbocycles. The van der Waals surface area contributed by atoms with E-state index in [0.29, 0.717) is 11.9 Å². The Hall–Kier alpha value is -2.54. The van der Waals surface area contributed by atoms with Crippen molar-refractivity contribution in [3.05, 3.63) is 55.0 Å². The number of hydrogen-bond acceptors (Lipinski definition) is 5. The second kappa shape index (κ2) is 8.86. The number of benzene rings is 1. The molecule has 0 amide bonds. The molecular formula is C21H23Cl2N5O.